The van der Waals surface area contributed by atoms with Gasteiger partial charge in [-0.15, -0.1) is 0 Å². The van der Waals surface area contributed by atoms with Crippen LogP contribution in [0.3, 0.4) is 0 Å². The third-order valence-electron chi connectivity index (χ3n) is 5.50. The Balaban J connectivity index is 1.55. The minimum absolute atomic E-state index is 0.0296. The van der Waals surface area contributed by atoms with Crippen molar-refractivity contribution in [1.82, 2.24) is 10.2 Å². The molecule has 0 bridgehead atoms. The van der Waals surface area contributed by atoms with Gasteiger partial charge in [-0.3, -0.25) is 9.79 Å². The highest BCUT2D eigenvalue weighted by Gasteiger charge is 2.38. The van der Waals surface area contributed by atoms with Gasteiger partial charge in [-0.2, -0.15) is 0 Å². The van der Waals surface area contributed by atoms with E-state index in [1.165, 1.54) is 0 Å². The molecule has 1 amide bonds. The van der Waals surface area contributed by atoms with E-state index in [-0.39, 0.29) is 17.9 Å². The lowest BCUT2D eigenvalue weighted by Gasteiger charge is -2.24. The van der Waals surface area contributed by atoms with Gasteiger partial charge in [0.2, 0.25) is 5.91 Å². The molecule has 3 N–H and O–H groups in total. The summed E-state index contributed by atoms with van der Waals surface area (Å²) in [5.74, 6) is 2.06. The standard InChI is InChI=1S/C23H30N4O3/c1-27-21(28)14-18(22(27)17-7-5-4-6-8-17)15-26-23(24)25-12-11-16-9-10-19(29-2)20(13-16)30-3/h4-10,13,18,22H,11-12,14-15H2,1-3H3,(H3,24,25,26). The highest BCUT2D eigenvalue weighted by Crippen LogP contribution is 2.36. The zero-order chi connectivity index (χ0) is 21.5. The molecule has 0 aliphatic carbocycles. The summed E-state index contributed by atoms with van der Waals surface area (Å²) in [6.07, 6.45) is 1.26. The Bertz CT molecular complexity index is 885. The summed E-state index contributed by atoms with van der Waals surface area (Å²) in [7, 11) is 5.10. The van der Waals surface area contributed by atoms with Crippen molar-refractivity contribution in [3.63, 3.8) is 0 Å². The first-order chi connectivity index (χ1) is 14.5. The summed E-state index contributed by atoms with van der Waals surface area (Å²) in [6, 6.07) is 16.0. The maximum Gasteiger partial charge on any atom is 0.223 e. The average molecular weight is 411 g/mol. The number of guanidine groups is 1. The van der Waals surface area contributed by atoms with Gasteiger partial charge in [-0.05, 0) is 29.7 Å². The van der Waals surface area contributed by atoms with Gasteiger partial charge in [0.05, 0.1) is 20.3 Å². The summed E-state index contributed by atoms with van der Waals surface area (Å²) in [4.78, 5) is 18.6. The lowest BCUT2D eigenvalue weighted by atomic mass is 9.94. The van der Waals surface area contributed by atoms with Crippen molar-refractivity contribution in [3.05, 3.63) is 59.7 Å². The van der Waals surface area contributed by atoms with Crippen molar-refractivity contribution in [2.24, 2.45) is 16.6 Å². The summed E-state index contributed by atoms with van der Waals surface area (Å²) in [5, 5.41) is 3.16. The molecule has 0 spiro atoms. The van der Waals surface area contributed by atoms with Crippen LogP contribution in [-0.4, -0.2) is 51.1 Å². The fourth-order valence-electron chi connectivity index (χ4n) is 3.90. The van der Waals surface area contributed by atoms with Gasteiger partial charge in [0.1, 0.15) is 0 Å². The van der Waals surface area contributed by atoms with E-state index in [2.05, 4.69) is 22.4 Å². The molecule has 1 saturated heterocycles. The number of nitrogens with two attached hydrogens (primary N) is 1. The number of benzene rings is 2. The maximum atomic E-state index is 12.3. The first kappa shape index (κ1) is 21.5. The Morgan fingerprint density at radius 2 is 1.90 bits per heavy atom. The number of nitrogens with one attached hydrogen (secondary N) is 1. The minimum Gasteiger partial charge on any atom is -0.493 e. The number of hydrogen-bond acceptors (Lipinski definition) is 4. The van der Waals surface area contributed by atoms with Gasteiger partial charge in [0.15, 0.2) is 17.5 Å². The number of ether oxygens (including phenoxy) is 2. The molecule has 0 aromatic heterocycles. The lowest BCUT2D eigenvalue weighted by molar-refractivity contribution is -0.127. The lowest BCUT2D eigenvalue weighted by Crippen LogP contribution is -2.34. The van der Waals surface area contributed by atoms with Gasteiger partial charge in [-0.1, -0.05) is 36.4 Å². The normalized spacial score (nSPS) is 19.1. The van der Waals surface area contributed by atoms with E-state index in [9.17, 15) is 4.79 Å². The van der Waals surface area contributed by atoms with Crippen LogP contribution in [0, 0.1) is 5.92 Å². The van der Waals surface area contributed by atoms with Crippen LogP contribution in [-0.2, 0) is 11.2 Å². The molecule has 7 nitrogen and oxygen atoms in total. The molecule has 1 aliphatic rings. The Morgan fingerprint density at radius 1 is 1.17 bits per heavy atom. The average Bonchev–Trinajstić information content (AvgIpc) is 3.06. The molecule has 7 heteroatoms. The SMILES string of the molecule is COc1ccc(CCNC(N)=NCC2CC(=O)N(C)C2c2ccccc2)cc1OC. The van der Waals surface area contributed by atoms with Crippen LogP contribution in [0.2, 0.25) is 0 Å². The van der Waals surface area contributed by atoms with Gasteiger partial charge < -0.3 is 25.4 Å². The molecule has 30 heavy (non-hydrogen) atoms. The molecule has 2 atom stereocenters. The topological polar surface area (TPSA) is 89.2 Å². The molecule has 1 fully saturated rings. The first-order valence-corrected chi connectivity index (χ1v) is 10.1. The molecule has 2 unspecified atom stereocenters. The number of aliphatic imine (C=N–C) groups is 1. The number of carbonyl (C=O) groups excluding carboxylic acids is 1. The second kappa shape index (κ2) is 10.0. The zero-order valence-corrected chi connectivity index (χ0v) is 17.8. The number of carbonyl (C=O) groups is 1. The maximum absolute atomic E-state index is 12.3. The Kier molecular flexibility index (Phi) is 7.17. The predicted octanol–water partition coefficient (Wildman–Crippen LogP) is 2.37. The number of methoxy groups -OCH3 is 2. The molecular formula is C23H30N4O3. The molecule has 2 aromatic carbocycles. The zero-order valence-electron chi connectivity index (χ0n) is 17.8. The number of amides is 1. The van der Waals surface area contributed by atoms with E-state index in [4.69, 9.17) is 15.2 Å². The van der Waals surface area contributed by atoms with Crippen molar-refractivity contribution in [2.75, 3.05) is 34.4 Å². The van der Waals surface area contributed by atoms with E-state index in [1.807, 2.05) is 48.3 Å². The summed E-state index contributed by atoms with van der Waals surface area (Å²) in [6.45, 7) is 1.15. The number of likely N-dealkylation sites (tertiary alicyclic amines) is 1. The molecule has 2 aromatic rings. The van der Waals surface area contributed by atoms with Crippen molar-refractivity contribution in [2.45, 2.75) is 18.9 Å². The van der Waals surface area contributed by atoms with Crippen molar-refractivity contribution >= 4 is 11.9 Å². The van der Waals surface area contributed by atoms with Crippen LogP contribution < -0.4 is 20.5 Å². The second-order valence-corrected chi connectivity index (χ2v) is 7.42. The van der Waals surface area contributed by atoms with Gasteiger partial charge in [0.25, 0.3) is 0 Å². The van der Waals surface area contributed by atoms with E-state index >= 15 is 0 Å². The van der Waals surface area contributed by atoms with Crippen LogP contribution in [0.25, 0.3) is 0 Å². The second-order valence-electron chi connectivity index (χ2n) is 7.42. The molecule has 1 aliphatic heterocycles. The quantitative estimate of drug-likeness (QED) is 0.515. The Morgan fingerprint density at radius 3 is 2.60 bits per heavy atom. The predicted molar refractivity (Wildman–Crippen MR) is 118 cm³/mol. The highest BCUT2D eigenvalue weighted by atomic mass is 16.5. The van der Waals surface area contributed by atoms with E-state index in [0.717, 1.165) is 17.5 Å². The van der Waals surface area contributed by atoms with Crippen molar-refractivity contribution in [1.29, 1.82) is 0 Å². The molecule has 160 valence electrons. The molecule has 0 saturated carbocycles. The Labute approximate surface area is 177 Å². The third kappa shape index (κ3) is 5.03. The minimum atomic E-state index is 0.0296. The third-order valence-corrected chi connectivity index (χ3v) is 5.50. The van der Waals surface area contributed by atoms with E-state index in [0.29, 0.717) is 37.0 Å². The molecule has 0 radical (unpaired) electrons. The van der Waals surface area contributed by atoms with Gasteiger partial charge in [0, 0.05) is 32.5 Å². The van der Waals surface area contributed by atoms with Crippen LogP contribution in [0.15, 0.2) is 53.5 Å². The molecule has 1 heterocycles. The fourth-order valence-corrected chi connectivity index (χ4v) is 3.90. The Hall–Kier alpha value is -3.22. The largest absolute Gasteiger partial charge is 0.493 e. The summed E-state index contributed by atoms with van der Waals surface area (Å²) < 4.78 is 10.6. The molecule has 3 rings (SSSR count). The highest BCUT2D eigenvalue weighted by molar-refractivity contribution is 5.80. The summed E-state index contributed by atoms with van der Waals surface area (Å²) >= 11 is 0. The van der Waals surface area contributed by atoms with E-state index < -0.39 is 0 Å². The van der Waals surface area contributed by atoms with Crippen molar-refractivity contribution in [3.8, 4) is 11.5 Å². The van der Waals surface area contributed by atoms with Gasteiger partial charge >= 0.3 is 0 Å². The van der Waals surface area contributed by atoms with Crippen LogP contribution in [0.4, 0.5) is 0 Å². The monoisotopic (exact) mass is 410 g/mol. The number of nitrogens with zero attached hydrogens (tertiary/aromatic N) is 2. The fraction of sp³-hybridized carbons (Fsp3) is 0.391. The number of hydrogen-bond donors (Lipinski definition) is 2. The number of rotatable bonds is 8. The first-order valence-electron chi connectivity index (χ1n) is 10.1. The summed E-state index contributed by atoms with van der Waals surface area (Å²) in [5.41, 5.74) is 8.31. The van der Waals surface area contributed by atoms with Crippen molar-refractivity contribution < 1.29 is 14.3 Å². The van der Waals surface area contributed by atoms with Crippen LogP contribution in [0.1, 0.15) is 23.6 Å². The van der Waals surface area contributed by atoms with Gasteiger partial charge in [-0.25, -0.2) is 0 Å². The molecular weight excluding hydrogens is 380 g/mol. The smallest absolute Gasteiger partial charge is 0.223 e. The van der Waals surface area contributed by atoms with Crippen LogP contribution in [0.5, 0.6) is 11.5 Å². The van der Waals surface area contributed by atoms with E-state index in [1.54, 1.807) is 14.2 Å². The van der Waals surface area contributed by atoms with Crippen LogP contribution >= 0.6 is 0 Å².